The van der Waals surface area contributed by atoms with Crippen molar-refractivity contribution in [3.05, 3.63) is 218 Å². The third-order valence-corrected chi connectivity index (χ3v) is 12.5. The molecule has 6 nitrogen and oxygen atoms in total. The lowest BCUT2D eigenvalue weighted by molar-refractivity contribution is 1.05. The molecular weight excluding hydrogens is 769 g/mol. The first-order valence-corrected chi connectivity index (χ1v) is 21.3. The number of para-hydroxylation sites is 6. The van der Waals surface area contributed by atoms with E-state index in [1.54, 1.807) is 0 Å². The van der Waals surface area contributed by atoms with Crippen molar-refractivity contribution >= 4 is 65.4 Å². The molecule has 9 aromatic carbocycles. The summed E-state index contributed by atoms with van der Waals surface area (Å²) in [6, 6.07) is 77.5. The summed E-state index contributed by atoms with van der Waals surface area (Å²) in [6.45, 7) is 0. The summed E-state index contributed by atoms with van der Waals surface area (Å²) in [5, 5.41) is 7.12. The summed E-state index contributed by atoms with van der Waals surface area (Å²) in [7, 11) is 0. The van der Waals surface area contributed by atoms with Gasteiger partial charge in [-0.15, -0.1) is 0 Å². The Morgan fingerprint density at radius 1 is 0.238 bits per heavy atom. The fraction of sp³-hybridized carbons (Fsp3) is 0. The Morgan fingerprint density at radius 2 is 0.508 bits per heavy atom. The molecule has 0 aliphatic heterocycles. The average molecular weight is 805 g/mol. The van der Waals surface area contributed by atoms with Crippen LogP contribution in [0.15, 0.2) is 218 Å². The van der Waals surface area contributed by atoms with Crippen molar-refractivity contribution in [2.24, 2.45) is 0 Å². The van der Waals surface area contributed by atoms with E-state index in [-0.39, 0.29) is 0 Å². The number of rotatable bonds is 6. The van der Waals surface area contributed by atoms with Gasteiger partial charge >= 0.3 is 0 Å². The lowest BCUT2D eigenvalue weighted by Crippen LogP contribution is -2.09. The summed E-state index contributed by atoms with van der Waals surface area (Å²) in [5.74, 6) is 1.80. The maximum absolute atomic E-state index is 5.42. The Balaban J connectivity index is 1.25. The maximum Gasteiger partial charge on any atom is 0.166 e. The molecule has 13 rings (SSSR count). The molecule has 0 bridgehead atoms. The van der Waals surface area contributed by atoms with Gasteiger partial charge in [-0.1, -0.05) is 170 Å². The van der Waals surface area contributed by atoms with E-state index in [0.29, 0.717) is 17.5 Å². The molecular formula is C57H36N6. The highest BCUT2D eigenvalue weighted by Crippen LogP contribution is 2.44. The monoisotopic (exact) mass is 804 g/mol. The van der Waals surface area contributed by atoms with Crippen LogP contribution < -0.4 is 0 Å². The summed E-state index contributed by atoms with van der Waals surface area (Å²) in [6.07, 6.45) is 0. The standard InChI is InChI=1S/C57H36N6/c1-3-19-37(20-4-1)55-58-56(38-21-5-2-6-22-38)60-57(59-55)45-35-53(62-48-31-15-9-25-41(48)42-26-10-16-32-49(42)62)54(63-50-33-17-11-27-43(50)44-28-12-18-34-51(44)63)36-52(45)61-46-29-13-7-23-39(46)40-24-8-14-30-47(40)61/h1-36H. The van der Waals surface area contributed by atoms with Crippen LogP contribution in [-0.4, -0.2) is 28.7 Å². The molecule has 0 saturated carbocycles. The van der Waals surface area contributed by atoms with Crippen LogP contribution in [-0.2, 0) is 0 Å². The molecule has 0 radical (unpaired) electrons. The molecule has 0 amide bonds. The first-order valence-electron chi connectivity index (χ1n) is 21.3. The third-order valence-electron chi connectivity index (χ3n) is 12.5. The van der Waals surface area contributed by atoms with Crippen LogP contribution in [0.2, 0.25) is 0 Å². The lowest BCUT2D eigenvalue weighted by atomic mass is 10.1. The molecule has 63 heavy (non-hydrogen) atoms. The normalized spacial score (nSPS) is 11.8. The zero-order chi connectivity index (χ0) is 41.4. The molecule has 4 heterocycles. The van der Waals surface area contributed by atoms with Gasteiger partial charge in [0.25, 0.3) is 0 Å². The van der Waals surface area contributed by atoms with Crippen molar-refractivity contribution in [2.75, 3.05) is 0 Å². The lowest BCUT2D eigenvalue weighted by Gasteiger charge is -2.22. The first-order chi connectivity index (χ1) is 31.3. The summed E-state index contributed by atoms with van der Waals surface area (Å²) >= 11 is 0. The van der Waals surface area contributed by atoms with Crippen LogP contribution in [0.1, 0.15) is 0 Å². The zero-order valence-electron chi connectivity index (χ0n) is 34.0. The van der Waals surface area contributed by atoms with E-state index in [9.17, 15) is 0 Å². The highest BCUT2D eigenvalue weighted by molar-refractivity contribution is 6.13. The van der Waals surface area contributed by atoms with E-state index < -0.39 is 0 Å². The van der Waals surface area contributed by atoms with Crippen molar-refractivity contribution < 1.29 is 0 Å². The molecule has 6 heteroatoms. The van der Waals surface area contributed by atoms with Crippen molar-refractivity contribution in [1.82, 2.24) is 28.7 Å². The Hall–Kier alpha value is -8.61. The van der Waals surface area contributed by atoms with Gasteiger partial charge in [-0.25, -0.2) is 15.0 Å². The highest BCUT2D eigenvalue weighted by atomic mass is 15.1. The number of benzene rings is 9. The molecule has 4 aromatic heterocycles. The van der Waals surface area contributed by atoms with Gasteiger partial charge in [0.05, 0.1) is 50.2 Å². The van der Waals surface area contributed by atoms with E-state index in [4.69, 9.17) is 15.0 Å². The van der Waals surface area contributed by atoms with Gasteiger partial charge in [-0.05, 0) is 48.5 Å². The van der Waals surface area contributed by atoms with Gasteiger partial charge in [0.15, 0.2) is 17.5 Å². The second-order valence-electron chi connectivity index (χ2n) is 16.0. The van der Waals surface area contributed by atoms with Crippen molar-refractivity contribution in [3.63, 3.8) is 0 Å². The SMILES string of the molecule is c1ccc(-c2nc(-c3ccccc3)nc(-c3cc(-n4c5ccccc5c5ccccc54)c(-n4c5ccccc5c5ccccc54)cc3-n3c4ccccc4c4ccccc43)n2)cc1. The van der Waals surface area contributed by atoms with Gasteiger partial charge in [0.1, 0.15) is 0 Å². The van der Waals surface area contributed by atoms with Crippen LogP contribution in [0.25, 0.3) is 117 Å². The smallest absolute Gasteiger partial charge is 0.166 e. The molecule has 0 spiro atoms. The van der Waals surface area contributed by atoms with Gasteiger partial charge in [0, 0.05) is 49.0 Å². The number of aromatic nitrogens is 6. The Labute approximate surface area is 362 Å². The van der Waals surface area contributed by atoms with E-state index in [2.05, 4.69) is 196 Å². The minimum atomic E-state index is 0.579. The number of hydrogen-bond donors (Lipinski definition) is 0. The van der Waals surface area contributed by atoms with Gasteiger partial charge in [-0.2, -0.15) is 0 Å². The summed E-state index contributed by atoms with van der Waals surface area (Å²) in [5.41, 5.74) is 12.4. The van der Waals surface area contributed by atoms with Gasteiger partial charge in [-0.3, -0.25) is 0 Å². The maximum atomic E-state index is 5.42. The predicted octanol–water partition coefficient (Wildman–Crippen LogP) is 14.2. The predicted molar refractivity (Wildman–Crippen MR) is 259 cm³/mol. The highest BCUT2D eigenvalue weighted by Gasteiger charge is 2.26. The minimum absolute atomic E-state index is 0.579. The van der Waals surface area contributed by atoms with Crippen molar-refractivity contribution in [3.8, 4) is 51.2 Å². The largest absolute Gasteiger partial charge is 0.308 e. The van der Waals surface area contributed by atoms with Crippen LogP contribution >= 0.6 is 0 Å². The summed E-state index contributed by atoms with van der Waals surface area (Å²) < 4.78 is 7.28. The minimum Gasteiger partial charge on any atom is -0.308 e. The van der Waals surface area contributed by atoms with E-state index in [1.165, 1.54) is 32.3 Å². The Morgan fingerprint density at radius 3 is 0.857 bits per heavy atom. The number of fused-ring (bicyclic) bond motifs is 9. The molecule has 0 saturated heterocycles. The molecule has 0 aliphatic carbocycles. The van der Waals surface area contributed by atoms with E-state index in [1.807, 2.05) is 36.4 Å². The van der Waals surface area contributed by atoms with E-state index >= 15 is 0 Å². The van der Waals surface area contributed by atoms with Crippen LogP contribution in [0.3, 0.4) is 0 Å². The van der Waals surface area contributed by atoms with Crippen LogP contribution in [0, 0.1) is 0 Å². The Bertz CT molecular complexity index is 3700. The second kappa shape index (κ2) is 14.0. The zero-order valence-corrected chi connectivity index (χ0v) is 34.0. The number of hydrogen-bond acceptors (Lipinski definition) is 3. The molecule has 0 aliphatic rings. The van der Waals surface area contributed by atoms with Gasteiger partial charge < -0.3 is 13.7 Å². The molecule has 0 unspecified atom stereocenters. The Kier molecular flexibility index (Phi) is 7.80. The molecule has 294 valence electrons. The van der Waals surface area contributed by atoms with Crippen molar-refractivity contribution in [1.29, 1.82) is 0 Å². The molecule has 0 fully saturated rings. The fourth-order valence-corrected chi connectivity index (χ4v) is 9.76. The number of nitrogens with zero attached hydrogens (tertiary/aromatic N) is 6. The molecule has 0 atom stereocenters. The topological polar surface area (TPSA) is 53.5 Å². The van der Waals surface area contributed by atoms with E-state index in [0.717, 1.165) is 66.9 Å². The average Bonchev–Trinajstić information content (AvgIpc) is 4.00. The van der Waals surface area contributed by atoms with Crippen LogP contribution in [0.4, 0.5) is 0 Å². The second-order valence-corrected chi connectivity index (χ2v) is 16.0. The van der Waals surface area contributed by atoms with Gasteiger partial charge in [0.2, 0.25) is 0 Å². The third kappa shape index (κ3) is 5.41. The van der Waals surface area contributed by atoms with Crippen molar-refractivity contribution in [2.45, 2.75) is 0 Å². The molecule has 0 N–H and O–H groups in total. The molecule has 13 aromatic rings. The first kappa shape index (κ1) is 35.2. The van der Waals surface area contributed by atoms with Crippen LogP contribution in [0.5, 0.6) is 0 Å². The fourth-order valence-electron chi connectivity index (χ4n) is 9.76. The summed E-state index contributed by atoms with van der Waals surface area (Å²) in [4.78, 5) is 16.0. The quantitative estimate of drug-likeness (QED) is 0.168.